The molecule has 0 spiro atoms. The number of hydrogen-bond acceptors (Lipinski definition) is 5. The minimum Gasteiger partial charge on any atom is -0.383 e. The van der Waals surface area contributed by atoms with Gasteiger partial charge in [0, 0.05) is 39.7 Å². The lowest BCUT2D eigenvalue weighted by atomic mass is 10.3. The molecule has 1 rings (SSSR count). The SMILES string of the molecule is COCCNC(=O)CCNC(=O)CN1CCCNCC1. The molecule has 0 atom stereocenters. The Morgan fingerprint density at radius 3 is 2.75 bits per heavy atom. The van der Waals surface area contributed by atoms with Gasteiger partial charge in [-0.15, -0.1) is 0 Å². The number of rotatable bonds is 8. The zero-order valence-electron chi connectivity index (χ0n) is 12.2. The average molecular weight is 286 g/mol. The van der Waals surface area contributed by atoms with E-state index in [-0.39, 0.29) is 11.8 Å². The van der Waals surface area contributed by atoms with Crippen LogP contribution in [0.2, 0.25) is 0 Å². The Balaban J connectivity index is 2.05. The fraction of sp³-hybridized carbons (Fsp3) is 0.846. The first-order valence-corrected chi connectivity index (χ1v) is 7.18. The van der Waals surface area contributed by atoms with Crippen LogP contribution < -0.4 is 16.0 Å². The Bertz CT molecular complexity index is 291. The van der Waals surface area contributed by atoms with Crippen molar-refractivity contribution in [2.45, 2.75) is 12.8 Å². The molecule has 1 saturated heterocycles. The maximum absolute atomic E-state index is 11.7. The van der Waals surface area contributed by atoms with E-state index in [2.05, 4.69) is 20.9 Å². The van der Waals surface area contributed by atoms with E-state index in [0.29, 0.717) is 32.7 Å². The molecular formula is C13H26N4O3. The summed E-state index contributed by atoms with van der Waals surface area (Å²) < 4.78 is 4.83. The van der Waals surface area contributed by atoms with Gasteiger partial charge in [0.15, 0.2) is 0 Å². The second-order valence-electron chi connectivity index (χ2n) is 4.82. The van der Waals surface area contributed by atoms with Crippen molar-refractivity contribution in [1.29, 1.82) is 0 Å². The van der Waals surface area contributed by atoms with Gasteiger partial charge in [0.25, 0.3) is 0 Å². The summed E-state index contributed by atoms with van der Waals surface area (Å²) in [6.45, 7) is 5.57. The first-order valence-electron chi connectivity index (χ1n) is 7.18. The van der Waals surface area contributed by atoms with Crippen molar-refractivity contribution in [2.24, 2.45) is 0 Å². The molecule has 1 heterocycles. The highest BCUT2D eigenvalue weighted by molar-refractivity contribution is 5.80. The maximum atomic E-state index is 11.7. The molecule has 116 valence electrons. The minimum absolute atomic E-state index is 0.0170. The summed E-state index contributed by atoms with van der Waals surface area (Å²) in [4.78, 5) is 25.3. The lowest BCUT2D eigenvalue weighted by Gasteiger charge is -2.18. The smallest absolute Gasteiger partial charge is 0.234 e. The molecule has 0 aromatic rings. The van der Waals surface area contributed by atoms with Crippen LogP contribution in [0.4, 0.5) is 0 Å². The summed E-state index contributed by atoms with van der Waals surface area (Å²) >= 11 is 0. The van der Waals surface area contributed by atoms with E-state index in [4.69, 9.17) is 4.74 Å². The zero-order chi connectivity index (χ0) is 14.6. The van der Waals surface area contributed by atoms with E-state index < -0.39 is 0 Å². The van der Waals surface area contributed by atoms with Crippen molar-refractivity contribution >= 4 is 11.8 Å². The predicted molar refractivity (Wildman–Crippen MR) is 76.4 cm³/mol. The highest BCUT2D eigenvalue weighted by atomic mass is 16.5. The molecule has 0 aliphatic carbocycles. The van der Waals surface area contributed by atoms with E-state index in [1.807, 2.05) is 0 Å². The normalized spacial score (nSPS) is 16.4. The third kappa shape index (κ3) is 8.08. The topological polar surface area (TPSA) is 82.7 Å². The van der Waals surface area contributed by atoms with Crippen LogP contribution in [-0.4, -0.2) is 76.2 Å². The average Bonchev–Trinajstić information content (AvgIpc) is 2.67. The third-order valence-corrected chi connectivity index (χ3v) is 3.10. The molecule has 0 aromatic carbocycles. The van der Waals surface area contributed by atoms with Crippen molar-refractivity contribution < 1.29 is 14.3 Å². The molecule has 0 bridgehead atoms. The van der Waals surface area contributed by atoms with Crippen LogP contribution in [-0.2, 0) is 14.3 Å². The molecule has 0 aromatic heterocycles. The van der Waals surface area contributed by atoms with Crippen molar-refractivity contribution in [1.82, 2.24) is 20.9 Å². The number of hydrogen-bond donors (Lipinski definition) is 3. The highest BCUT2D eigenvalue weighted by Gasteiger charge is 2.12. The highest BCUT2D eigenvalue weighted by Crippen LogP contribution is 1.94. The summed E-state index contributed by atoms with van der Waals surface area (Å²) in [5.41, 5.74) is 0. The molecule has 0 unspecified atom stereocenters. The Hall–Kier alpha value is -1.18. The molecule has 1 aliphatic rings. The number of methoxy groups -OCH3 is 1. The molecule has 1 aliphatic heterocycles. The third-order valence-electron chi connectivity index (χ3n) is 3.10. The largest absolute Gasteiger partial charge is 0.383 e. The van der Waals surface area contributed by atoms with Crippen LogP contribution in [0.5, 0.6) is 0 Å². The first-order chi connectivity index (χ1) is 9.72. The van der Waals surface area contributed by atoms with E-state index >= 15 is 0 Å². The summed E-state index contributed by atoms with van der Waals surface area (Å²) in [6, 6.07) is 0. The zero-order valence-corrected chi connectivity index (χ0v) is 12.2. The predicted octanol–water partition coefficient (Wildman–Crippen LogP) is -1.45. The Kier molecular flexibility index (Phi) is 8.93. The minimum atomic E-state index is -0.0682. The van der Waals surface area contributed by atoms with Gasteiger partial charge >= 0.3 is 0 Å². The van der Waals surface area contributed by atoms with Gasteiger partial charge in [0.1, 0.15) is 0 Å². The molecule has 7 nitrogen and oxygen atoms in total. The lowest BCUT2D eigenvalue weighted by Crippen LogP contribution is -2.40. The summed E-state index contributed by atoms with van der Waals surface area (Å²) in [5, 5.41) is 8.79. The Labute approximate surface area is 120 Å². The van der Waals surface area contributed by atoms with Crippen LogP contribution in [0, 0.1) is 0 Å². The van der Waals surface area contributed by atoms with E-state index in [1.165, 1.54) is 0 Å². The van der Waals surface area contributed by atoms with Crippen molar-refractivity contribution in [3.8, 4) is 0 Å². The molecule has 1 fully saturated rings. The standard InChI is InChI=1S/C13H26N4O3/c1-20-10-7-16-12(18)3-5-15-13(19)11-17-8-2-4-14-6-9-17/h14H,2-11H2,1H3,(H,15,19)(H,16,18). The number of carbonyl (C=O) groups excluding carboxylic acids is 2. The monoisotopic (exact) mass is 286 g/mol. The molecule has 3 N–H and O–H groups in total. The van der Waals surface area contributed by atoms with Gasteiger partial charge in [0.05, 0.1) is 13.2 Å². The van der Waals surface area contributed by atoms with Gasteiger partial charge in [-0.05, 0) is 19.5 Å². The fourth-order valence-corrected chi connectivity index (χ4v) is 2.02. The van der Waals surface area contributed by atoms with E-state index in [9.17, 15) is 9.59 Å². The molecule has 7 heteroatoms. The van der Waals surface area contributed by atoms with Crippen molar-refractivity contribution in [3.63, 3.8) is 0 Å². The van der Waals surface area contributed by atoms with Gasteiger partial charge in [-0.25, -0.2) is 0 Å². The molecule has 20 heavy (non-hydrogen) atoms. The van der Waals surface area contributed by atoms with E-state index in [0.717, 1.165) is 32.6 Å². The van der Waals surface area contributed by atoms with Gasteiger partial charge in [-0.3, -0.25) is 14.5 Å². The Morgan fingerprint density at radius 2 is 1.95 bits per heavy atom. The van der Waals surface area contributed by atoms with Gasteiger partial charge in [0.2, 0.25) is 11.8 Å². The maximum Gasteiger partial charge on any atom is 0.234 e. The van der Waals surface area contributed by atoms with Gasteiger partial charge in [-0.1, -0.05) is 0 Å². The quantitative estimate of drug-likeness (QED) is 0.476. The summed E-state index contributed by atoms with van der Waals surface area (Å²) in [7, 11) is 1.59. The molecular weight excluding hydrogens is 260 g/mol. The number of nitrogens with one attached hydrogen (secondary N) is 3. The fourth-order valence-electron chi connectivity index (χ4n) is 2.02. The molecule has 0 saturated carbocycles. The summed E-state index contributed by atoms with van der Waals surface area (Å²) in [5.74, 6) is -0.0853. The van der Waals surface area contributed by atoms with Gasteiger partial charge in [-0.2, -0.15) is 0 Å². The van der Waals surface area contributed by atoms with E-state index in [1.54, 1.807) is 7.11 Å². The lowest BCUT2D eigenvalue weighted by molar-refractivity contribution is -0.123. The first kappa shape index (κ1) is 16.9. The Morgan fingerprint density at radius 1 is 1.15 bits per heavy atom. The number of ether oxygens (including phenoxy) is 1. The number of amides is 2. The summed E-state index contributed by atoms with van der Waals surface area (Å²) in [6.07, 6.45) is 1.37. The van der Waals surface area contributed by atoms with Crippen molar-refractivity contribution in [3.05, 3.63) is 0 Å². The van der Waals surface area contributed by atoms with Crippen LogP contribution in [0.15, 0.2) is 0 Å². The van der Waals surface area contributed by atoms with Crippen molar-refractivity contribution in [2.75, 3.05) is 59.5 Å². The number of carbonyl (C=O) groups is 2. The molecule has 0 radical (unpaired) electrons. The van der Waals surface area contributed by atoms with Gasteiger partial charge < -0.3 is 20.7 Å². The van der Waals surface area contributed by atoms with Crippen LogP contribution in [0.25, 0.3) is 0 Å². The number of nitrogens with zero attached hydrogens (tertiary/aromatic N) is 1. The van der Waals surface area contributed by atoms with Crippen LogP contribution >= 0.6 is 0 Å². The van der Waals surface area contributed by atoms with Crippen LogP contribution in [0.1, 0.15) is 12.8 Å². The second kappa shape index (κ2) is 10.6. The van der Waals surface area contributed by atoms with Crippen LogP contribution in [0.3, 0.4) is 0 Å². The molecule has 2 amide bonds. The second-order valence-corrected chi connectivity index (χ2v) is 4.82.